The predicted molar refractivity (Wildman–Crippen MR) is 147 cm³/mol. The van der Waals surface area contributed by atoms with Crippen molar-refractivity contribution in [2.24, 2.45) is 0 Å². The van der Waals surface area contributed by atoms with Crippen molar-refractivity contribution in [3.05, 3.63) is 70.6 Å². The molecule has 0 aromatic heterocycles. The Morgan fingerprint density at radius 1 is 0.865 bits per heavy atom. The average Bonchev–Trinajstić information content (AvgIpc) is 3.35. The smallest absolute Gasteiger partial charge is 0.257 e. The van der Waals surface area contributed by atoms with E-state index in [1.165, 1.54) is 11.8 Å². The molecule has 1 aliphatic heterocycles. The largest absolute Gasteiger partial charge is 0.352 e. The number of nitrogens with one attached hydrogen (secondary N) is 2. The summed E-state index contributed by atoms with van der Waals surface area (Å²) in [4.78, 5) is 25.2. The molecule has 1 aliphatic rings. The minimum atomic E-state index is -0.126. The molecule has 2 aromatic carbocycles. The highest BCUT2D eigenvalue weighted by molar-refractivity contribution is 8.05. The first-order chi connectivity index (χ1) is 17.9. The van der Waals surface area contributed by atoms with Crippen LogP contribution in [-0.4, -0.2) is 62.5 Å². The molecule has 3 rings (SSSR count). The SMILES string of the molecule is CCCCNC(=O)c1ccc(/[N+](O)=C/C2CC=C(/C=[N+](/O)c3ccc(C(=O)NCCCC)cc3)S2)cc1. The van der Waals surface area contributed by atoms with Gasteiger partial charge in [-0.2, -0.15) is 0 Å². The minimum Gasteiger partial charge on any atom is -0.352 e. The monoisotopic (exact) mass is 524 g/mol. The van der Waals surface area contributed by atoms with Crippen molar-refractivity contribution in [3.63, 3.8) is 0 Å². The molecule has 0 fully saturated rings. The van der Waals surface area contributed by atoms with Crippen LogP contribution >= 0.6 is 11.8 Å². The number of amides is 2. The normalized spacial score (nSPS) is 15.8. The Kier molecular flexibility index (Phi) is 10.8. The van der Waals surface area contributed by atoms with Crippen molar-refractivity contribution in [2.75, 3.05) is 13.1 Å². The summed E-state index contributed by atoms with van der Waals surface area (Å²) in [6.45, 7) is 5.44. The van der Waals surface area contributed by atoms with Crippen LogP contribution in [-0.2, 0) is 0 Å². The second-order valence-electron chi connectivity index (χ2n) is 8.78. The van der Waals surface area contributed by atoms with E-state index in [-0.39, 0.29) is 17.1 Å². The first-order valence-electron chi connectivity index (χ1n) is 12.7. The van der Waals surface area contributed by atoms with Crippen molar-refractivity contribution in [1.29, 1.82) is 0 Å². The quantitative estimate of drug-likeness (QED) is 0.102. The van der Waals surface area contributed by atoms with Crippen LogP contribution in [0.5, 0.6) is 0 Å². The van der Waals surface area contributed by atoms with E-state index < -0.39 is 0 Å². The fourth-order valence-electron chi connectivity index (χ4n) is 3.61. The lowest BCUT2D eigenvalue weighted by molar-refractivity contribution is -0.710. The van der Waals surface area contributed by atoms with Gasteiger partial charge in [-0.1, -0.05) is 32.8 Å². The number of benzene rings is 2. The summed E-state index contributed by atoms with van der Waals surface area (Å²) in [5, 5.41) is 26.7. The Bertz CT molecular complexity index is 1160. The molecule has 1 unspecified atom stereocenters. The highest BCUT2D eigenvalue weighted by atomic mass is 32.2. The first-order valence-corrected chi connectivity index (χ1v) is 13.6. The summed E-state index contributed by atoms with van der Waals surface area (Å²) in [6, 6.07) is 13.5. The number of hydrogen-bond donors (Lipinski definition) is 4. The van der Waals surface area contributed by atoms with Crippen LogP contribution in [0.1, 0.15) is 66.7 Å². The molecule has 2 aromatic rings. The van der Waals surface area contributed by atoms with Gasteiger partial charge in [0.05, 0.1) is 10.2 Å². The van der Waals surface area contributed by atoms with Crippen LogP contribution in [0.4, 0.5) is 11.4 Å². The molecule has 1 atom stereocenters. The van der Waals surface area contributed by atoms with Gasteiger partial charge in [0.25, 0.3) is 23.2 Å². The summed E-state index contributed by atoms with van der Waals surface area (Å²) < 4.78 is 2.09. The number of nitrogens with zero attached hydrogens (tertiary/aromatic N) is 2. The first kappa shape index (κ1) is 28.0. The van der Waals surface area contributed by atoms with E-state index in [0.717, 1.165) is 40.1 Å². The molecule has 0 aliphatic carbocycles. The molecule has 37 heavy (non-hydrogen) atoms. The maximum absolute atomic E-state index is 12.2. The van der Waals surface area contributed by atoms with Gasteiger partial charge in [0.2, 0.25) is 12.4 Å². The Hall–Kier alpha value is -3.59. The lowest BCUT2D eigenvalue weighted by Crippen LogP contribution is -2.24. The maximum Gasteiger partial charge on any atom is 0.257 e. The van der Waals surface area contributed by atoms with Crippen LogP contribution in [0.15, 0.2) is 59.5 Å². The van der Waals surface area contributed by atoms with E-state index >= 15 is 0 Å². The molecule has 0 radical (unpaired) electrons. The zero-order valence-corrected chi connectivity index (χ0v) is 22.2. The number of carbonyl (C=O) groups excluding carboxylic acids is 2. The zero-order valence-electron chi connectivity index (χ0n) is 21.4. The lowest BCUT2D eigenvalue weighted by Gasteiger charge is -2.04. The van der Waals surface area contributed by atoms with Gasteiger partial charge in [-0.3, -0.25) is 20.0 Å². The molecule has 8 nitrogen and oxygen atoms in total. The van der Waals surface area contributed by atoms with Crippen molar-refractivity contribution < 1.29 is 29.5 Å². The summed E-state index contributed by atoms with van der Waals surface area (Å²) in [7, 11) is 0. The average molecular weight is 525 g/mol. The Labute approximate surface area is 222 Å². The lowest BCUT2D eigenvalue weighted by atomic mass is 10.2. The molecular weight excluding hydrogens is 488 g/mol. The van der Waals surface area contributed by atoms with Crippen molar-refractivity contribution in [1.82, 2.24) is 10.6 Å². The molecule has 0 spiro atoms. The zero-order chi connectivity index (χ0) is 26.6. The summed E-state index contributed by atoms with van der Waals surface area (Å²) >= 11 is 1.51. The molecular formula is C28H36N4O4S+2. The van der Waals surface area contributed by atoms with Crippen LogP contribution < -0.4 is 10.6 Å². The van der Waals surface area contributed by atoms with E-state index in [1.54, 1.807) is 61.0 Å². The number of unbranched alkanes of at least 4 members (excludes halogenated alkanes) is 2. The molecule has 4 N–H and O–H groups in total. The number of rotatable bonds is 12. The van der Waals surface area contributed by atoms with E-state index in [2.05, 4.69) is 24.5 Å². The predicted octanol–water partition coefficient (Wildman–Crippen LogP) is 5.04. The van der Waals surface area contributed by atoms with Crippen molar-refractivity contribution >= 4 is 47.4 Å². The summed E-state index contributed by atoms with van der Waals surface area (Å²) in [6.07, 6.45) is 9.90. The third-order valence-electron chi connectivity index (χ3n) is 5.82. The van der Waals surface area contributed by atoms with E-state index in [1.807, 2.05) is 6.08 Å². The Balaban J connectivity index is 1.55. The third kappa shape index (κ3) is 8.49. The summed E-state index contributed by atoms with van der Waals surface area (Å²) in [5.41, 5.74) is 2.20. The molecule has 9 heteroatoms. The molecule has 0 saturated heterocycles. The maximum atomic E-state index is 12.2. The Morgan fingerprint density at radius 3 is 1.84 bits per heavy atom. The fourth-order valence-corrected chi connectivity index (χ4v) is 4.68. The van der Waals surface area contributed by atoms with Crippen molar-refractivity contribution in [2.45, 2.75) is 51.2 Å². The van der Waals surface area contributed by atoms with Gasteiger partial charge >= 0.3 is 0 Å². The van der Waals surface area contributed by atoms with Crippen LogP contribution in [0.3, 0.4) is 0 Å². The molecule has 2 amide bonds. The van der Waals surface area contributed by atoms with Gasteiger partial charge in [-0.25, -0.2) is 0 Å². The van der Waals surface area contributed by atoms with Gasteiger partial charge in [-0.15, -0.1) is 11.8 Å². The highest BCUT2D eigenvalue weighted by Gasteiger charge is 2.24. The molecule has 196 valence electrons. The van der Waals surface area contributed by atoms with E-state index in [0.29, 0.717) is 42.0 Å². The second kappa shape index (κ2) is 14.2. The number of hydrogen-bond acceptors (Lipinski definition) is 5. The topological polar surface area (TPSA) is 105 Å². The second-order valence-corrected chi connectivity index (χ2v) is 10.1. The number of thioether (sulfide) groups is 1. The standard InChI is InChI=1S/C28H34N4O4S/c1-3-5-17-29-27(33)21-7-11-23(12-8-21)31(35)19-25-15-16-26(37-25)20-32(36)24-13-9-22(10-14-24)28(34)30-18-6-4-2/h7-15,19-20,26H,3-6,16-18H2,1-2H3,(H2-2,29,30,33,34,35,36)/p+2/b31-19+,32-20-. The molecule has 0 bridgehead atoms. The van der Waals surface area contributed by atoms with E-state index in [9.17, 15) is 20.0 Å². The van der Waals surface area contributed by atoms with E-state index in [4.69, 9.17) is 0 Å². The van der Waals surface area contributed by atoms with Crippen molar-refractivity contribution in [3.8, 4) is 0 Å². The Morgan fingerprint density at radius 2 is 1.35 bits per heavy atom. The molecule has 1 heterocycles. The third-order valence-corrected chi connectivity index (χ3v) is 6.98. The minimum absolute atomic E-state index is 0.0177. The van der Waals surface area contributed by atoms with Gasteiger partial charge in [0, 0.05) is 58.0 Å². The van der Waals surface area contributed by atoms with Crippen LogP contribution in [0.2, 0.25) is 0 Å². The fraction of sp³-hybridized carbons (Fsp3) is 0.357. The van der Waals surface area contributed by atoms with Gasteiger partial charge in [-0.05, 0) is 43.5 Å². The molecule has 0 saturated carbocycles. The van der Waals surface area contributed by atoms with Gasteiger partial charge < -0.3 is 10.6 Å². The number of carbonyl (C=O) groups is 2. The van der Waals surface area contributed by atoms with Gasteiger partial charge in [0.15, 0.2) is 0 Å². The van der Waals surface area contributed by atoms with Gasteiger partial charge in [0.1, 0.15) is 0 Å². The highest BCUT2D eigenvalue weighted by Crippen LogP contribution is 2.30. The van der Waals surface area contributed by atoms with Crippen LogP contribution in [0.25, 0.3) is 0 Å². The number of allylic oxidation sites excluding steroid dienone is 2. The summed E-state index contributed by atoms with van der Waals surface area (Å²) in [5.74, 6) is -0.248. The van der Waals surface area contributed by atoms with Crippen LogP contribution in [0, 0.1) is 0 Å².